The lowest BCUT2D eigenvalue weighted by Crippen LogP contribution is -2.34. The van der Waals surface area contributed by atoms with E-state index in [0.717, 1.165) is 40.9 Å². The number of aryl methyl sites for hydroxylation is 1. The highest BCUT2D eigenvalue weighted by Crippen LogP contribution is 2.35. The average Bonchev–Trinajstić information content (AvgIpc) is 3.32. The van der Waals surface area contributed by atoms with Crippen molar-refractivity contribution in [3.8, 4) is 17.1 Å². The molecule has 0 saturated carbocycles. The van der Waals surface area contributed by atoms with Crippen LogP contribution in [0.1, 0.15) is 17.7 Å². The maximum atomic E-state index is 12.4. The number of hydrogen-bond acceptors (Lipinski definition) is 6. The van der Waals surface area contributed by atoms with Gasteiger partial charge in [0, 0.05) is 42.7 Å². The molecule has 2 aromatic heterocycles. The monoisotopic (exact) mass is 453 g/mol. The predicted octanol–water partition coefficient (Wildman–Crippen LogP) is 3.88. The average molecular weight is 454 g/mol. The van der Waals surface area contributed by atoms with Gasteiger partial charge in [-0.05, 0) is 61.2 Å². The molecule has 1 fully saturated rings. The SMILES string of the molecule is Cc1ccc2c(N3CC[C@H](C(Cc4ccccn4)C(N)=O)C3)nc(-c3ccccc3O)nc2c1. The van der Waals surface area contributed by atoms with E-state index in [-0.39, 0.29) is 23.5 Å². The Morgan fingerprint density at radius 3 is 2.74 bits per heavy atom. The minimum atomic E-state index is -0.298. The summed E-state index contributed by atoms with van der Waals surface area (Å²) >= 11 is 0. The fourth-order valence-corrected chi connectivity index (χ4v) is 4.80. The third kappa shape index (κ3) is 4.29. The third-order valence-electron chi connectivity index (χ3n) is 6.59. The molecule has 172 valence electrons. The van der Waals surface area contributed by atoms with Crippen LogP contribution in [-0.2, 0) is 11.2 Å². The molecule has 1 aliphatic rings. The highest BCUT2D eigenvalue weighted by molar-refractivity contribution is 5.92. The number of anilines is 1. The number of pyridine rings is 1. The molecule has 1 amide bonds. The van der Waals surface area contributed by atoms with Crippen LogP contribution in [0.3, 0.4) is 0 Å². The molecular weight excluding hydrogens is 426 g/mol. The molecule has 3 heterocycles. The number of fused-ring (bicyclic) bond motifs is 1. The van der Waals surface area contributed by atoms with Crippen LogP contribution in [0.5, 0.6) is 5.75 Å². The zero-order chi connectivity index (χ0) is 23.7. The number of primary amides is 1. The lowest BCUT2D eigenvalue weighted by Gasteiger charge is -2.23. The Balaban J connectivity index is 1.50. The summed E-state index contributed by atoms with van der Waals surface area (Å²) in [4.78, 5) is 28.6. The van der Waals surface area contributed by atoms with Gasteiger partial charge in [0.15, 0.2) is 5.82 Å². The van der Waals surface area contributed by atoms with E-state index < -0.39 is 0 Å². The normalized spacial score (nSPS) is 16.6. The van der Waals surface area contributed by atoms with Crippen LogP contribution in [-0.4, -0.2) is 39.1 Å². The van der Waals surface area contributed by atoms with Crippen molar-refractivity contribution >= 4 is 22.6 Å². The molecule has 7 nitrogen and oxygen atoms in total. The molecule has 34 heavy (non-hydrogen) atoms. The standard InChI is InChI=1S/C27H27N5O2/c1-17-9-10-20-23(14-17)30-26(21-7-2-3-8-24(21)33)31-27(20)32-13-11-18(16-32)22(25(28)34)15-19-6-4-5-12-29-19/h2-10,12,14,18,22,33H,11,13,15-16H2,1H3,(H2,28,34)/t18-,22?/m0/s1. The number of amides is 1. The quantitative estimate of drug-likeness (QED) is 0.459. The van der Waals surface area contributed by atoms with Crippen molar-refractivity contribution in [2.45, 2.75) is 19.8 Å². The molecule has 2 atom stereocenters. The van der Waals surface area contributed by atoms with E-state index in [1.165, 1.54) is 0 Å². The Bertz CT molecular complexity index is 1340. The Morgan fingerprint density at radius 2 is 1.97 bits per heavy atom. The van der Waals surface area contributed by atoms with Crippen molar-refractivity contribution in [2.24, 2.45) is 17.6 Å². The minimum Gasteiger partial charge on any atom is -0.507 e. The van der Waals surface area contributed by atoms with Crippen LogP contribution in [0.2, 0.25) is 0 Å². The van der Waals surface area contributed by atoms with Gasteiger partial charge in [-0.3, -0.25) is 9.78 Å². The summed E-state index contributed by atoms with van der Waals surface area (Å²) < 4.78 is 0. The van der Waals surface area contributed by atoms with Gasteiger partial charge in [0.1, 0.15) is 11.6 Å². The van der Waals surface area contributed by atoms with Gasteiger partial charge in [-0.25, -0.2) is 9.97 Å². The summed E-state index contributed by atoms with van der Waals surface area (Å²) in [6, 6.07) is 18.9. The Morgan fingerprint density at radius 1 is 1.15 bits per heavy atom. The molecule has 2 aromatic carbocycles. The van der Waals surface area contributed by atoms with E-state index >= 15 is 0 Å². The van der Waals surface area contributed by atoms with Crippen molar-refractivity contribution in [3.05, 3.63) is 78.1 Å². The third-order valence-corrected chi connectivity index (χ3v) is 6.59. The Kier molecular flexibility index (Phi) is 5.84. The molecular formula is C27H27N5O2. The summed E-state index contributed by atoms with van der Waals surface area (Å²) in [5.41, 5.74) is 9.22. The number of benzene rings is 2. The van der Waals surface area contributed by atoms with Gasteiger partial charge in [-0.15, -0.1) is 0 Å². The van der Waals surface area contributed by atoms with Crippen LogP contribution in [0.4, 0.5) is 5.82 Å². The molecule has 1 unspecified atom stereocenters. The second-order valence-corrected chi connectivity index (χ2v) is 8.94. The molecule has 4 aromatic rings. The summed E-state index contributed by atoms with van der Waals surface area (Å²) in [7, 11) is 0. The van der Waals surface area contributed by atoms with E-state index in [4.69, 9.17) is 15.7 Å². The van der Waals surface area contributed by atoms with Crippen molar-refractivity contribution in [2.75, 3.05) is 18.0 Å². The van der Waals surface area contributed by atoms with Gasteiger partial charge in [0.25, 0.3) is 0 Å². The molecule has 1 saturated heterocycles. The number of aromatic nitrogens is 3. The smallest absolute Gasteiger partial charge is 0.221 e. The molecule has 0 aliphatic carbocycles. The second-order valence-electron chi connectivity index (χ2n) is 8.94. The number of nitrogens with two attached hydrogens (primary N) is 1. The number of aromatic hydroxyl groups is 1. The summed E-state index contributed by atoms with van der Waals surface area (Å²) in [6.45, 7) is 3.46. The minimum absolute atomic E-state index is 0.101. The second kappa shape index (κ2) is 9.09. The van der Waals surface area contributed by atoms with Crippen LogP contribution < -0.4 is 10.6 Å². The number of carbonyl (C=O) groups excluding carboxylic acids is 1. The summed E-state index contributed by atoms with van der Waals surface area (Å²) in [6.07, 6.45) is 3.11. The topological polar surface area (TPSA) is 105 Å². The molecule has 5 rings (SSSR count). The zero-order valence-corrected chi connectivity index (χ0v) is 19.1. The fraction of sp³-hybridized carbons (Fsp3) is 0.259. The lowest BCUT2D eigenvalue weighted by molar-refractivity contribution is -0.123. The number of carbonyl (C=O) groups is 1. The number of phenols is 1. The van der Waals surface area contributed by atoms with E-state index in [2.05, 4.69) is 16.0 Å². The first-order chi connectivity index (χ1) is 16.5. The van der Waals surface area contributed by atoms with Gasteiger partial charge in [0.2, 0.25) is 5.91 Å². The van der Waals surface area contributed by atoms with E-state index in [1.54, 1.807) is 18.3 Å². The van der Waals surface area contributed by atoms with Crippen LogP contribution in [0, 0.1) is 18.8 Å². The first-order valence-corrected chi connectivity index (χ1v) is 11.5. The first kappa shape index (κ1) is 21.8. The fourth-order valence-electron chi connectivity index (χ4n) is 4.80. The van der Waals surface area contributed by atoms with E-state index in [0.29, 0.717) is 24.4 Å². The number of nitrogens with zero attached hydrogens (tertiary/aromatic N) is 4. The van der Waals surface area contributed by atoms with Gasteiger partial charge in [-0.1, -0.05) is 24.3 Å². The maximum Gasteiger partial charge on any atom is 0.221 e. The molecule has 0 radical (unpaired) electrons. The van der Waals surface area contributed by atoms with Crippen molar-refractivity contribution < 1.29 is 9.90 Å². The van der Waals surface area contributed by atoms with Gasteiger partial charge < -0.3 is 15.7 Å². The van der Waals surface area contributed by atoms with Crippen LogP contribution in [0.15, 0.2) is 66.9 Å². The summed E-state index contributed by atoms with van der Waals surface area (Å²) in [5, 5.41) is 11.4. The van der Waals surface area contributed by atoms with Gasteiger partial charge >= 0.3 is 0 Å². The maximum absolute atomic E-state index is 12.4. The van der Waals surface area contributed by atoms with Gasteiger partial charge in [-0.2, -0.15) is 0 Å². The molecule has 0 spiro atoms. The number of rotatable bonds is 6. The Hall–Kier alpha value is -4.00. The van der Waals surface area contributed by atoms with Crippen LogP contribution in [0.25, 0.3) is 22.3 Å². The number of hydrogen-bond donors (Lipinski definition) is 2. The summed E-state index contributed by atoms with van der Waals surface area (Å²) in [5.74, 6) is 0.942. The lowest BCUT2D eigenvalue weighted by atomic mass is 9.87. The molecule has 1 aliphatic heterocycles. The van der Waals surface area contributed by atoms with E-state index in [1.807, 2.05) is 49.4 Å². The highest BCUT2D eigenvalue weighted by atomic mass is 16.3. The molecule has 3 N–H and O–H groups in total. The first-order valence-electron chi connectivity index (χ1n) is 11.5. The van der Waals surface area contributed by atoms with Crippen molar-refractivity contribution in [1.82, 2.24) is 15.0 Å². The molecule has 7 heteroatoms. The van der Waals surface area contributed by atoms with Crippen LogP contribution >= 0.6 is 0 Å². The van der Waals surface area contributed by atoms with Gasteiger partial charge in [0.05, 0.1) is 11.1 Å². The largest absolute Gasteiger partial charge is 0.507 e. The number of para-hydroxylation sites is 1. The Labute approximate surface area is 198 Å². The highest BCUT2D eigenvalue weighted by Gasteiger charge is 2.34. The predicted molar refractivity (Wildman–Crippen MR) is 132 cm³/mol. The van der Waals surface area contributed by atoms with E-state index in [9.17, 15) is 9.90 Å². The molecule has 0 bridgehead atoms. The van der Waals surface area contributed by atoms with Crippen molar-refractivity contribution in [1.29, 1.82) is 0 Å². The van der Waals surface area contributed by atoms with Crippen molar-refractivity contribution in [3.63, 3.8) is 0 Å². The zero-order valence-electron chi connectivity index (χ0n) is 19.1. The number of phenolic OH excluding ortho intramolecular Hbond substituents is 1.